The van der Waals surface area contributed by atoms with Crippen molar-refractivity contribution in [1.29, 1.82) is 0 Å². The molecule has 111 heavy (non-hydrogen) atoms. The van der Waals surface area contributed by atoms with Gasteiger partial charge in [0.25, 0.3) is 56.3 Å². The molecule has 8 N–H and O–H groups in total. The molecule has 6 aromatic carbocycles. The summed E-state index contributed by atoms with van der Waals surface area (Å²) in [6.07, 6.45) is -19.2. The van der Waals surface area contributed by atoms with Crippen LogP contribution in [0.15, 0.2) is 135 Å². The molecule has 0 radical (unpaired) electrons. The summed E-state index contributed by atoms with van der Waals surface area (Å²) in [5.41, 5.74) is 3.95. The Balaban J connectivity index is 0.000000126. The standard InChI is InChI=1S/C20H15F4NO2.C12H9F4N3O3.C12H10F4N2O.C11H9F4NO.C11H11F4NO.C5H5F2NO/c21-14-8-4-7-12(18(14)22)20(19(23)24)13-9-16(13)27-17(25-20)10-15(26)11-5-2-1-3-6-11;13-7-2-4(19(20)21)1-6(9(7)14)12(10(15)16)5-3-8(5)22-11(17)18-12;13-7-3-1-2-5(9(7)14)12(10(15)16)6-4-8(6)19-11(17)18-12;12-7-3-1-2-5(9(7)13)11(10(14)15)6-4-8(6)17-16-11;12-7-3-1-2-5(9(7)13)11(16,10(14)15)6-4-8(6)17;6-5(7)4-2-1-3(2)9-8-4/h1-8,13,16,19H,9-10H2;1-2,5,8,10H,3H2,(H2,17,18);1-3,6,8,10H,4H2,(H2,17,18);1-3,6,8,10,16H,4H2;1-3,6,8,10,17H,4,16H2;2-3,5H,1H2/t13-,16?,20+;5-,8?,12-;6-,8?,12+;6-,8+,11+;6-,8?,11+;/m00000./s1. The first-order valence-electron chi connectivity index (χ1n) is 33.5. The molecular formula is C71H59F22N9O9. The lowest BCUT2D eigenvalue weighted by Crippen LogP contribution is -2.48. The fraction of sp³-hybridized carbons (Fsp3) is 0.423. The number of amidine groups is 2. The number of nitro benzene ring substituents is 1. The second-order valence-electron chi connectivity index (χ2n) is 27.4. The molecule has 40 heteroatoms. The number of hydrogen-bond acceptors (Lipinski definition) is 17. The lowest BCUT2D eigenvalue weighted by Gasteiger charge is -2.34. The van der Waals surface area contributed by atoms with E-state index in [1.54, 1.807) is 30.3 Å². The molecule has 7 fully saturated rings. The van der Waals surface area contributed by atoms with Crippen molar-refractivity contribution in [3.8, 4) is 0 Å². The molecule has 6 saturated carbocycles. The number of Topliss-reactive ketones (excluding diaryl/α,β-unsaturated/α-hetero) is 1. The number of ether oxygens (including phenoxy) is 3. The lowest BCUT2D eigenvalue weighted by molar-refractivity contribution is -0.385. The number of ketones is 1. The third kappa shape index (κ3) is 14.9. The molecule has 0 spiro atoms. The molecule has 18 nitrogen and oxygen atoms in total. The van der Waals surface area contributed by atoms with Crippen LogP contribution in [0.3, 0.4) is 0 Å². The van der Waals surface area contributed by atoms with Gasteiger partial charge in [-0.25, -0.2) is 112 Å². The van der Waals surface area contributed by atoms with E-state index in [1.165, 1.54) is 24.3 Å². The number of hydrogen-bond donors (Lipinski definition) is 5. The smallest absolute Gasteiger partial charge is 0.283 e. The summed E-state index contributed by atoms with van der Waals surface area (Å²) in [4.78, 5) is 42.8. The highest BCUT2D eigenvalue weighted by Gasteiger charge is 2.69. The highest BCUT2D eigenvalue weighted by molar-refractivity contribution is 6.07. The highest BCUT2D eigenvalue weighted by atomic mass is 19.3. The largest absolute Gasteiger partial charge is 0.477 e. The van der Waals surface area contributed by atoms with Gasteiger partial charge in [-0.2, -0.15) is 5.48 Å². The predicted octanol–water partition coefficient (Wildman–Crippen LogP) is 13.9. The molecule has 11 aliphatic rings. The van der Waals surface area contributed by atoms with Crippen LogP contribution in [0.5, 0.6) is 0 Å². The van der Waals surface area contributed by atoms with Crippen LogP contribution >= 0.6 is 0 Å². The Morgan fingerprint density at radius 3 is 1.40 bits per heavy atom. The van der Waals surface area contributed by atoms with Gasteiger partial charge in [0.15, 0.2) is 86.5 Å². The van der Waals surface area contributed by atoms with Crippen LogP contribution in [0, 0.1) is 104 Å². The van der Waals surface area contributed by atoms with Crippen molar-refractivity contribution in [2.75, 3.05) is 0 Å². The second-order valence-corrected chi connectivity index (χ2v) is 27.4. The van der Waals surface area contributed by atoms with Crippen LogP contribution in [-0.2, 0) is 51.6 Å². The van der Waals surface area contributed by atoms with Gasteiger partial charge in [-0.05, 0) is 62.8 Å². The van der Waals surface area contributed by atoms with E-state index in [2.05, 4.69) is 30.5 Å². The van der Waals surface area contributed by atoms with Crippen molar-refractivity contribution < 1.29 is 135 Å². The van der Waals surface area contributed by atoms with E-state index in [9.17, 15) is 117 Å². The van der Waals surface area contributed by atoms with Crippen LogP contribution in [0.25, 0.3) is 0 Å². The number of aliphatic hydroxyl groups is 1. The number of nitrogens with zero attached hydrogens (tertiary/aromatic N) is 5. The van der Waals surface area contributed by atoms with Crippen molar-refractivity contribution >= 4 is 35.1 Å². The van der Waals surface area contributed by atoms with Crippen molar-refractivity contribution in [2.24, 2.45) is 72.8 Å². The molecule has 596 valence electrons. The van der Waals surface area contributed by atoms with E-state index in [1.807, 2.05) is 0 Å². The summed E-state index contributed by atoms with van der Waals surface area (Å²) in [5.74, 6) is -17.6. The van der Waals surface area contributed by atoms with Crippen LogP contribution in [0.2, 0.25) is 0 Å². The fourth-order valence-corrected chi connectivity index (χ4v) is 14.4. The minimum absolute atomic E-state index is 0.00556. The molecule has 5 heterocycles. The molecular weight excluding hydrogens is 1540 g/mol. The number of halogens is 22. The number of carbonyl (C=O) groups excluding carboxylic acids is 1. The zero-order chi connectivity index (χ0) is 80.6. The lowest BCUT2D eigenvalue weighted by atomic mass is 9.84. The maximum atomic E-state index is 14.4. The molecule has 0 amide bonds. The summed E-state index contributed by atoms with van der Waals surface area (Å²) in [5, 5.41) is 23.2. The predicted molar refractivity (Wildman–Crippen MR) is 343 cm³/mol. The molecule has 6 unspecified atom stereocenters. The molecule has 6 aliphatic carbocycles. The number of benzene rings is 6. The maximum absolute atomic E-state index is 14.4. The first-order chi connectivity index (χ1) is 52.4. The Bertz CT molecular complexity index is 4680. The van der Waals surface area contributed by atoms with Gasteiger partial charge in [0.2, 0.25) is 0 Å². The number of oxime groups is 1. The van der Waals surface area contributed by atoms with Gasteiger partial charge in [0, 0.05) is 75.0 Å². The fourth-order valence-electron chi connectivity index (χ4n) is 14.4. The summed E-state index contributed by atoms with van der Waals surface area (Å²) in [6, 6.07) is 20.8. The van der Waals surface area contributed by atoms with Gasteiger partial charge in [0.1, 0.15) is 41.2 Å². The van der Waals surface area contributed by atoms with Crippen LogP contribution in [0.4, 0.5) is 102 Å². The van der Waals surface area contributed by atoms with E-state index in [0.29, 0.717) is 30.5 Å². The van der Waals surface area contributed by atoms with Gasteiger partial charge < -0.3 is 41.4 Å². The van der Waals surface area contributed by atoms with Crippen LogP contribution in [0.1, 0.15) is 83.1 Å². The zero-order valence-electron chi connectivity index (χ0n) is 56.3. The molecule has 17 atom stereocenters. The molecule has 0 aromatic heterocycles. The number of fused-ring (bicyclic) bond motifs is 5. The molecule has 0 bridgehead atoms. The molecule has 17 rings (SSSR count). The van der Waals surface area contributed by atoms with Gasteiger partial charge in [-0.1, -0.05) is 84.0 Å². The van der Waals surface area contributed by atoms with E-state index in [0.717, 1.165) is 55.0 Å². The number of rotatable bonds is 16. The average molecular weight is 1600 g/mol. The third-order valence-electron chi connectivity index (χ3n) is 20.7. The normalized spacial score (nSPS) is 30.4. The first-order valence-corrected chi connectivity index (χ1v) is 33.5. The van der Waals surface area contributed by atoms with Gasteiger partial charge >= 0.3 is 0 Å². The van der Waals surface area contributed by atoms with Crippen molar-refractivity contribution in [2.45, 2.75) is 148 Å². The average Bonchev–Trinajstić information content (AvgIpc) is 1.57. The highest BCUT2D eigenvalue weighted by Crippen LogP contribution is 2.61. The van der Waals surface area contributed by atoms with Crippen molar-refractivity contribution in [1.82, 2.24) is 5.48 Å². The Morgan fingerprint density at radius 1 is 0.532 bits per heavy atom. The number of carbonyl (C=O) groups is 1. The topological polar surface area (TPSA) is 266 Å². The Kier molecular flexibility index (Phi) is 22.3. The summed E-state index contributed by atoms with van der Waals surface area (Å²) >= 11 is 0. The SMILES string of the molecule is FC(F)C1=NOC2CC12.Fc1cccc([C@@]2(C(F)F)NO[C@@H]3C[C@@H]32)c1F.NC1=N[C@@](c2cc([N+](=O)[O-])cc(F)c2F)(C(F)F)[C@H]2CC2O1.NC1=N[C@@](c2cccc(F)c2F)(C(F)F)[C@H]2CC2O1.N[C@@](c1cccc(F)c1F)(C(F)F)[C@H]1CC1O.O=C(CC1=N[C@@](c2cccc(F)c2F)(C(F)F)[C@H]2CC2O1)c1ccccc1. The summed E-state index contributed by atoms with van der Waals surface area (Å²) < 4.78 is 310. The van der Waals surface area contributed by atoms with Crippen molar-refractivity contribution in [3.05, 3.63) is 217 Å². The zero-order valence-corrected chi connectivity index (χ0v) is 56.3. The number of aliphatic imine (C=N–C) groups is 3. The number of alkyl halides is 12. The number of nitrogens with two attached hydrogens (primary N) is 3. The minimum atomic E-state index is -3.24. The number of hydroxylamine groups is 1. The molecule has 6 aromatic rings. The number of aliphatic hydroxyl groups excluding tert-OH is 1. The Hall–Kier alpha value is -9.83. The van der Waals surface area contributed by atoms with Crippen LogP contribution in [-0.4, -0.2) is 115 Å². The van der Waals surface area contributed by atoms with E-state index < -0.39 is 223 Å². The summed E-state index contributed by atoms with van der Waals surface area (Å²) in [7, 11) is 0. The quantitative estimate of drug-likeness (QED) is 0.0261. The van der Waals surface area contributed by atoms with Gasteiger partial charge in [-0.15, -0.1) is 0 Å². The van der Waals surface area contributed by atoms with E-state index >= 15 is 0 Å². The van der Waals surface area contributed by atoms with Gasteiger partial charge in [-0.3, -0.25) is 19.7 Å². The first kappa shape index (κ1) is 80.7. The van der Waals surface area contributed by atoms with Crippen molar-refractivity contribution in [3.63, 3.8) is 0 Å². The maximum Gasteiger partial charge on any atom is 0.283 e. The number of nitro groups is 1. The Morgan fingerprint density at radius 2 is 0.982 bits per heavy atom. The molecule has 1 saturated heterocycles. The second kappa shape index (κ2) is 30.7. The molecule has 5 aliphatic heterocycles. The third-order valence-corrected chi connectivity index (χ3v) is 20.7. The van der Waals surface area contributed by atoms with E-state index in [4.69, 9.17) is 36.2 Å². The van der Waals surface area contributed by atoms with Crippen LogP contribution < -0.4 is 22.7 Å². The summed E-state index contributed by atoms with van der Waals surface area (Å²) in [6.45, 7) is 0. The van der Waals surface area contributed by atoms with Gasteiger partial charge in [0.05, 0.1) is 29.6 Å². The number of nitrogens with one attached hydrogen (secondary N) is 1. The van der Waals surface area contributed by atoms with E-state index in [-0.39, 0.29) is 66.8 Å². The number of non-ortho nitro benzene ring substituents is 1. The monoisotopic (exact) mass is 1600 g/mol. The Labute approximate surface area is 611 Å². The minimum Gasteiger partial charge on any atom is -0.477 e.